The van der Waals surface area contributed by atoms with E-state index in [1.807, 2.05) is 12.1 Å². The van der Waals surface area contributed by atoms with Crippen molar-refractivity contribution in [2.75, 3.05) is 0 Å². The van der Waals surface area contributed by atoms with Crippen molar-refractivity contribution in [3.63, 3.8) is 0 Å². The molecule has 1 aromatic carbocycles. The molecule has 0 aliphatic heterocycles. The third-order valence-electron chi connectivity index (χ3n) is 3.65. The van der Waals surface area contributed by atoms with E-state index in [2.05, 4.69) is 41.5 Å². The number of aliphatic hydroxyl groups is 1. The molecule has 0 fully saturated rings. The van der Waals surface area contributed by atoms with Crippen molar-refractivity contribution < 1.29 is 10.2 Å². The Bertz CT molecular complexity index is 450. The maximum absolute atomic E-state index is 10.6. The Balaban J connectivity index is 0.00000400. The third-order valence-corrected chi connectivity index (χ3v) is 3.65. The molecular formula is C17H30ClNO2. The second kappa shape index (κ2) is 6.55. The van der Waals surface area contributed by atoms with Crippen LogP contribution < -0.4 is 5.73 Å². The Labute approximate surface area is 135 Å². The molecule has 4 N–H and O–H groups in total. The van der Waals surface area contributed by atoms with Gasteiger partial charge in [-0.1, -0.05) is 41.5 Å². The van der Waals surface area contributed by atoms with Crippen molar-refractivity contribution in [1.29, 1.82) is 0 Å². The van der Waals surface area contributed by atoms with Crippen LogP contribution in [0.25, 0.3) is 0 Å². The maximum atomic E-state index is 10.6. The van der Waals surface area contributed by atoms with Gasteiger partial charge in [0.25, 0.3) is 0 Å². The van der Waals surface area contributed by atoms with Gasteiger partial charge in [0, 0.05) is 0 Å². The lowest BCUT2D eigenvalue weighted by Gasteiger charge is -2.29. The van der Waals surface area contributed by atoms with Gasteiger partial charge in [0.2, 0.25) is 0 Å². The highest BCUT2D eigenvalue weighted by atomic mass is 35.5. The minimum atomic E-state index is -0.625. The first-order valence-corrected chi connectivity index (χ1v) is 7.17. The van der Waals surface area contributed by atoms with Crippen LogP contribution in [-0.4, -0.2) is 16.3 Å². The second-order valence-corrected chi connectivity index (χ2v) is 7.73. The number of nitrogens with two attached hydrogens (primary N) is 1. The van der Waals surface area contributed by atoms with Crippen LogP contribution in [0, 0.1) is 0 Å². The van der Waals surface area contributed by atoms with Crippen LogP contribution in [0.5, 0.6) is 5.75 Å². The molecule has 0 spiro atoms. The molecule has 21 heavy (non-hydrogen) atoms. The molecule has 0 saturated carbocycles. The number of benzene rings is 1. The normalized spacial score (nSPS) is 15.3. The lowest BCUT2D eigenvalue weighted by atomic mass is 9.77. The number of rotatable bonds is 2. The summed E-state index contributed by atoms with van der Waals surface area (Å²) in [6, 6.07) is 3.39. The zero-order chi connectivity index (χ0) is 15.9. The van der Waals surface area contributed by atoms with Gasteiger partial charge >= 0.3 is 0 Å². The quantitative estimate of drug-likeness (QED) is 0.778. The minimum Gasteiger partial charge on any atom is -0.507 e. The molecule has 0 heterocycles. The van der Waals surface area contributed by atoms with Crippen LogP contribution in [0.3, 0.4) is 0 Å². The Kier molecular flexibility index (Phi) is 6.31. The smallest absolute Gasteiger partial charge is 0.123 e. The summed E-state index contributed by atoms with van der Waals surface area (Å²) in [7, 11) is 0. The number of aliphatic hydroxyl groups excluding tert-OH is 1. The number of hydrogen-bond donors (Lipinski definition) is 3. The van der Waals surface area contributed by atoms with Crippen LogP contribution in [0.15, 0.2) is 12.1 Å². The van der Waals surface area contributed by atoms with Crippen molar-refractivity contribution in [1.82, 2.24) is 0 Å². The van der Waals surface area contributed by atoms with Gasteiger partial charge in [-0.25, -0.2) is 0 Å². The van der Waals surface area contributed by atoms with Gasteiger partial charge in [0.1, 0.15) is 5.75 Å². The average molecular weight is 316 g/mol. The number of hydrogen-bond acceptors (Lipinski definition) is 3. The predicted molar refractivity (Wildman–Crippen MR) is 91.4 cm³/mol. The Hall–Kier alpha value is -0.770. The highest BCUT2D eigenvalue weighted by molar-refractivity contribution is 5.85. The van der Waals surface area contributed by atoms with E-state index < -0.39 is 12.1 Å². The van der Waals surface area contributed by atoms with Gasteiger partial charge in [0.05, 0.1) is 12.1 Å². The molecule has 0 aromatic heterocycles. The third kappa shape index (κ3) is 4.60. The fourth-order valence-electron chi connectivity index (χ4n) is 2.27. The summed E-state index contributed by atoms with van der Waals surface area (Å²) < 4.78 is 0. The van der Waals surface area contributed by atoms with Gasteiger partial charge in [0.15, 0.2) is 0 Å². The molecule has 4 heteroatoms. The molecule has 1 rings (SSSR count). The lowest BCUT2D eigenvalue weighted by molar-refractivity contribution is 0.164. The van der Waals surface area contributed by atoms with E-state index in [-0.39, 0.29) is 23.2 Å². The fourth-order valence-corrected chi connectivity index (χ4v) is 2.27. The highest BCUT2D eigenvalue weighted by Gasteiger charge is 2.28. The second-order valence-electron chi connectivity index (χ2n) is 7.73. The molecule has 0 unspecified atom stereocenters. The number of phenolic OH excluding ortho intramolecular Hbond substituents is 1. The summed E-state index contributed by atoms with van der Waals surface area (Å²) in [5, 5.41) is 20.3. The van der Waals surface area contributed by atoms with Crippen molar-refractivity contribution in [2.24, 2.45) is 5.73 Å². The molecular weight excluding hydrogens is 286 g/mol. The molecule has 0 bridgehead atoms. The van der Waals surface area contributed by atoms with Crippen molar-refractivity contribution >= 4 is 12.4 Å². The Morgan fingerprint density at radius 2 is 1.29 bits per heavy atom. The molecule has 0 amide bonds. The van der Waals surface area contributed by atoms with Crippen molar-refractivity contribution in [3.8, 4) is 5.75 Å². The van der Waals surface area contributed by atoms with Crippen molar-refractivity contribution in [3.05, 3.63) is 28.8 Å². The zero-order valence-corrected chi connectivity index (χ0v) is 15.0. The van der Waals surface area contributed by atoms with Gasteiger partial charge in [-0.05, 0) is 46.6 Å². The van der Waals surface area contributed by atoms with Crippen LogP contribution in [0.2, 0.25) is 0 Å². The van der Waals surface area contributed by atoms with Crippen LogP contribution in [0.1, 0.15) is 71.2 Å². The Morgan fingerprint density at radius 1 is 0.952 bits per heavy atom. The first kappa shape index (κ1) is 20.2. The summed E-state index contributed by atoms with van der Waals surface area (Å²) in [6.45, 7) is 14.1. The molecule has 0 aliphatic carbocycles. The summed E-state index contributed by atoms with van der Waals surface area (Å²) >= 11 is 0. The monoisotopic (exact) mass is 315 g/mol. The Morgan fingerprint density at radius 3 is 1.52 bits per heavy atom. The summed E-state index contributed by atoms with van der Waals surface area (Å²) in [6.07, 6.45) is -0.625. The van der Waals surface area contributed by atoms with E-state index in [0.717, 1.165) is 16.7 Å². The average Bonchev–Trinajstić information content (AvgIpc) is 2.24. The van der Waals surface area contributed by atoms with Crippen LogP contribution >= 0.6 is 12.4 Å². The molecule has 0 aliphatic rings. The van der Waals surface area contributed by atoms with Gasteiger partial charge < -0.3 is 15.9 Å². The highest BCUT2D eigenvalue weighted by Crippen LogP contribution is 2.40. The van der Waals surface area contributed by atoms with Crippen LogP contribution in [-0.2, 0) is 10.8 Å². The largest absolute Gasteiger partial charge is 0.507 e. The molecule has 122 valence electrons. The van der Waals surface area contributed by atoms with Crippen molar-refractivity contribution in [2.45, 2.75) is 71.4 Å². The van der Waals surface area contributed by atoms with Crippen LogP contribution in [0.4, 0.5) is 0 Å². The predicted octanol–water partition coefficient (Wildman–Crippen LogP) is 3.79. The molecule has 1 aromatic rings. The molecule has 0 radical (unpaired) electrons. The summed E-state index contributed by atoms with van der Waals surface area (Å²) in [5.41, 5.74) is 8.33. The minimum absolute atomic E-state index is 0. The van der Waals surface area contributed by atoms with Gasteiger partial charge in [-0.3, -0.25) is 0 Å². The number of phenols is 1. The van der Waals surface area contributed by atoms with Gasteiger partial charge in [-0.15, -0.1) is 12.4 Å². The SMILES string of the molecule is C[C@H](O)[C@H](N)c1cc(C(C)(C)C)c(O)c(C(C)(C)C)c1.Cl. The van der Waals surface area contributed by atoms with E-state index in [0.29, 0.717) is 5.75 Å². The zero-order valence-electron chi connectivity index (χ0n) is 14.2. The van der Waals surface area contributed by atoms with E-state index in [4.69, 9.17) is 5.73 Å². The summed E-state index contributed by atoms with van der Waals surface area (Å²) in [4.78, 5) is 0. The maximum Gasteiger partial charge on any atom is 0.123 e. The van der Waals surface area contributed by atoms with E-state index >= 15 is 0 Å². The number of halogens is 1. The number of aromatic hydroxyl groups is 1. The standard InChI is InChI=1S/C17H29NO2.ClH/c1-10(19)14(18)11-8-12(16(2,3)4)15(20)13(9-11)17(5,6)7;/h8-10,14,19-20H,18H2,1-7H3;1H/t10-,14-;/m0./s1. The summed E-state index contributed by atoms with van der Waals surface area (Å²) in [5.74, 6) is 0.339. The molecule has 3 nitrogen and oxygen atoms in total. The van der Waals surface area contributed by atoms with E-state index in [1.54, 1.807) is 6.92 Å². The molecule has 0 saturated heterocycles. The lowest BCUT2D eigenvalue weighted by Crippen LogP contribution is -2.25. The first-order chi connectivity index (χ1) is 8.85. The first-order valence-electron chi connectivity index (χ1n) is 7.17. The fraction of sp³-hybridized carbons (Fsp3) is 0.647. The van der Waals surface area contributed by atoms with E-state index in [9.17, 15) is 10.2 Å². The van der Waals surface area contributed by atoms with Gasteiger partial charge in [-0.2, -0.15) is 0 Å². The molecule has 2 atom stereocenters. The van der Waals surface area contributed by atoms with E-state index in [1.165, 1.54) is 0 Å². The topological polar surface area (TPSA) is 66.5 Å².